The quantitative estimate of drug-likeness (QED) is 0.584. The summed E-state index contributed by atoms with van der Waals surface area (Å²) in [5.74, 6) is -0.600. The van der Waals surface area contributed by atoms with Gasteiger partial charge in [0.15, 0.2) is 11.9 Å². The van der Waals surface area contributed by atoms with Gasteiger partial charge >= 0.3 is 0 Å². The van der Waals surface area contributed by atoms with Crippen molar-refractivity contribution >= 4 is 11.9 Å². The van der Waals surface area contributed by atoms with Crippen molar-refractivity contribution in [3.63, 3.8) is 0 Å². The Balaban J connectivity index is 2.75. The number of fused-ring (bicyclic) bond motifs is 1. The highest BCUT2D eigenvalue weighted by Crippen LogP contribution is 2.01. The van der Waals surface area contributed by atoms with Crippen LogP contribution >= 0.6 is 0 Å². The maximum Gasteiger partial charge on any atom is 0.231 e. The molecule has 0 unspecified atom stereocenters. The second-order valence-corrected chi connectivity index (χ2v) is 2.24. The zero-order chi connectivity index (χ0) is 8.55. The fraction of sp³-hybridized carbons (Fsp3) is 0. The minimum atomic E-state index is -0.600. The van der Waals surface area contributed by atoms with E-state index in [1.807, 2.05) is 0 Å². The lowest BCUT2D eigenvalue weighted by Gasteiger charge is -1.88. The van der Waals surface area contributed by atoms with Crippen LogP contribution in [0.5, 0.6) is 0 Å². The van der Waals surface area contributed by atoms with Crippen molar-refractivity contribution in [2.75, 3.05) is 0 Å². The average Bonchev–Trinajstić information content (AvgIpc) is 2.46. The van der Waals surface area contributed by atoms with E-state index in [4.69, 9.17) is 0 Å². The Labute approximate surface area is 66.6 Å². The Morgan fingerprint density at radius 3 is 3.08 bits per heavy atom. The van der Waals surface area contributed by atoms with Crippen LogP contribution in [-0.4, -0.2) is 20.9 Å². The van der Waals surface area contributed by atoms with Crippen LogP contribution in [0.15, 0.2) is 18.3 Å². The minimum absolute atomic E-state index is 0.244. The summed E-state index contributed by atoms with van der Waals surface area (Å²) in [4.78, 5) is 14.1. The molecule has 0 aliphatic heterocycles. The number of halogens is 1. The summed E-state index contributed by atoms with van der Waals surface area (Å²) in [6.45, 7) is 0. The SMILES string of the molecule is O=Cc1cn2nc(F)ccc2n1. The molecule has 0 N–H and O–H groups in total. The van der Waals surface area contributed by atoms with Crippen molar-refractivity contribution in [1.82, 2.24) is 14.6 Å². The summed E-state index contributed by atoms with van der Waals surface area (Å²) in [6, 6.07) is 2.65. The van der Waals surface area contributed by atoms with Gasteiger partial charge in [0.2, 0.25) is 5.95 Å². The molecular formula is C7H4FN3O. The molecule has 0 saturated carbocycles. The highest BCUT2D eigenvalue weighted by Gasteiger charge is 2.01. The molecule has 12 heavy (non-hydrogen) atoms. The first-order chi connectivity index (χ1) is 5.79. The fourth-order valence-electron chi connectivity index (χ4n) is 0.934. The van der Waals surface area contributed by atoms with Crippen molar-refractivity contribution in [3.05, 3.63) is 30.0 Å². The second kappa shape index (κ2) is 2.37. The first-order valence-corrected chi connectivity index (χ1v) is 3.27. The van der Waals surface area contributed by atoms with Crippen molar-refractivity contribution in [3.8, 4) is 0 Å². The highest BCUT2D eigenvalue weighted by molar-refractivity contribution is 5.72. The van der Waals surface area contributed by atoms with E-state index in [1.165, 1.54) is 22.8 Å². The van der Waals surface area contributed by atoms with E-state index < -0.39 is 5.95 Å². The molecule has 0 amide bonds. The molecule has 60 valence electrons. The van der Waals surface area contributed by atoms with Crippen molar-refractivity contribution < 1.29 is 9.18 Å². The van der Waals surface area contributed by atoms with Crippen molar-refractivity contribution in [1.29, 1.82) is 0 Å². The third-order valence-electron chi connectivity index (χ3n) is 1.43. The van der Waals surface area contributed by atoms with Crippen LogP contribution in [0.25, 0.3) is 5.65 Å². The Kier molecular flexibility index (Phi) is 1.36. The van der Waals surface area contributed by atoms with Crippen LogP contribution in [0.3, 0.4) is 0 Å². The van der Waals surface area contributed by atoms with E-state index in [1.54, 1.807) is 0 Å². The Hall–Kier alpha value is -1.78. The van der Waals surface area contributed by atoms with E-state index in [-0.39, 0.29) is 5.69 Å². The molecule has 0 aliphatic carbocycles. The Bertz CT molecular complexity index is 437. The lowest BCUT2D eigenvalue weighted by Crippen LogP contribution is -1.92. The van der Waals surface area contributed by atoms with Gasteiger partial charge in [0.05, 0.1) is 6.20 Å². The maximum atomic E-state index is 12.5. The molecule has 2 aromatic heterocycles. The lowest BCUT2D eigenvalue weighted by molar-refractivity contribution is 0.111. The number of carbonyl (C=O) groups excluding carboxylic acids is 1. The van der Waals surface area contributed by atoms with Gasteiger partial charge in [-0.05, 0) is 12.1 Å². The zero-order valence-corrected chi connectivity index (χ0v) is 5.94. The standard InChI is InChI=1S/C7H4FN3O/c8-6-1-2-7-9-5(4-12)3-11(7)10-6/h1-4H. The van der Waals surface area contributed by atoms with E-state index in [9.17, 15) is 9.18 Å². The summed E-state index contributed by atoms with van der Waals surface area (Å²) in [7, 11) is 0. The molecule has 2 aromatic rings. The average molecular weight is 165 g/mol. The summed E-state index contributed by atoms with van der Waals surface area (Å²) < 4.78 is 13.7. The van der Waals surface area contributed by atoms with Gasteiger partial charge in [-0.25, -0.2) is 9.50 Å². The predicted molar refractivity (Wildman–Crippen MR) is 38.3 cm³/mol. The van der Waals surface area contributed by atoms with Gasteiger partial charge in [-0.2, -0.15) is 4.39 Å². The summed E-state index contributed by atoms with van der Waals surface area (Å²) in [5, 5.41) is 3.47. The molecule has 0 radical (unpaired) electrons. The second-order valence-electron chi connectivity index (χ2n) is 2.24. The van der Waals surface area contributed by atoms with Crippen molar-refractivity contribution in [2.45, 2.75) is 0 Å². The number of imidazole rings is 1. The third-order valence-corrected chi connectivity index (χ3v) is 1.43. The fourth-order valence-corrected chi connectivity index (χ4v) is 0.934. The number of aromatic nitrogens is 3. The predicted octanol–water partition coefficient (Wildman–Crippen LogP) is 0.681. The number of aldehydes is 1. The van der Waals surface area contributed by atoms with Crippen LogP contribution in [0.1, 0.15) is 10.5 Å². The molecule has 2 heterocycles. The van der Waals surface area contributed by atoms with Crippen LogP contribution in [0.4, 0.5) is 4.39 Å². The van der Waals surface area contributed by atoms with E-state index in [0.29, 0.717) is 11.9 Å². The molecule has 0 spiro atoms. The van der Waals surface area contributed by atoms with Gasteiger partial charge < -0.3 is 0 Å². The van der Waals surface area contributed by atoms with Gasteiger partial charge in [0, 0.05) is 0 Å². The summed E-state index contributed by atoms with van der Waals surface area (Å²) in [5.41, 5.74) is 0.701. The minimum Gasteiger partial charge on any atom is -0.296 e. The van der Waals surface area contributed by atoms with Gasteiger partial charge in [-0.1, -0.05) is 0 Å². The van der Waals surface area contributed by atoms with Crippen LogP contribution in [0, 0.1) is 5.95 Å². The van der Waals surface area contributed by atoms with Gasteiger partial charge in [-0.3, -0.25) is 4.79 Å². The van der Waals surface area contributed by atoms with E-state index in [0.717, 1.165) is 0 Å². The Morgan fingerprint density at radius 2 is 2.33 bits per heavy atom. The highest BCUT2D eigenvalue weighted by atomic mass is 19.1. The normalized spacial score (nSPS) is 10.4. The molecule has 0 atom stereocenters. The van der Waals surface area contributed by atoms with Crippen LogP contribution in [0.2, 0.25) is 0 Å². The topological polar surface area (TPSA) is 47.3 Å². The molecule has 0 aromatic carbocycles. The molecule has 0 saturated heterocycles. The molecule has 4 nitrogen and oxygen atoms in total. The number of hydrogen-bond donors (Lipinski definition) is 0. The van der Waals surface area contributed by atoms with Crippen molar-refractivity contribution in [2.24, 2.45) is 0 Å². The van der Waals surface area contributed by atoms with Crippen LogP contribution in [-0.2, 0) is 0 Å². The number of hydrogen-bond acceptors (Lipinski definition) is 3. The van der Waals surface area contributed by atoms with E-state index in [2.05, 4.69) is 10.1 Å². The Morgan fingerprint density at radius 1 is 1.50 bits per heavy atom. The molecule has 5 heteroatoms. The molecule has 0 fully saturated rings. The lowest BCUT2D eigenvalue weighted by atomic mass is 10.5. The molecular weight excluding hydrogens is 161 g/mol. The van der Waals surface area contributed by atoms with Gasteiger partial charge in [0.25, 0.3) is 0 Å². The summed E-state index contributed by atoms with van der Waals surface area (Å²) in [6.07, 6.45) is 1.96. The first-order valence-electron chi connectivity index (χ1n) is 3.27. The number of carbonyl (C=O) groups is 1. The smallest absolute Gasteiger partial charge is 0.231 e. The van der Waals surface area contributed by atoms with E-state index >= 15 is 0 Å². The number of rotatable bonds is 1. The van der Waals surface area contributed by atoms with Gasteiger partial charge in [-0.15, -0.1) is 5.10 Å². The van der Waals surface area contributed by atoms with Gasteiger partial charge in [0.1, 0.15) is 5.69 Å². The molecule has 2 rings (SSSR count). The number of nitrogens with zero attached hydrogens (tertiary/aromatic N) is 3. The first kappa shape index (κ1) is 6.90. The molecule has 0 aliphatic rings. The zero-order valence-electron chi connectivity index (χ0n) is 5.94. The maximum absolute atomic E-state index is 12.5. The monoisotopic (exact) mass is 165 g/mol. The largest absolute Gasteiger partial charge is 0.296 e. The molecule has 0 bridgehead atoms. The summed E-state index contributed by atoms with van der Waals surface area (Å²) >= 11 is 0. The van der Waals surface area contributed by atoms with Crippen LogP contribution < -0.4 is 0 Å². The third kappa shape index (κ3) is 0.952.